The number of amides is 4. The molecule has 1 saturated heterocycles. The number of rotatable bonds is 13. The lowest BCUT2D eigenvalue weighted by molar-refractivity contribution is -0.145. The highest BCUT2D eigenvalue weighted by atomic mass is 32.2. The van der Waals surface area contributed by atoms with E-state index in [9.17, 15) is 32.4 Å². The summed E-state index contributed by atoms with van der Waals surface area (Å²) >= 11 is 0. The molecule has 3 aliphatic carbocycles. The van der Waals surface area contributed by atoms with Gasteiger partial charge in [0.1, 0.15) is 6.04 Å². The molecule has 4 aliphatic rings. The van der Waals surface area contributed by atoms with Gasteiger partial charge in [0, 0.05) is 24.9 Å². The molecule has 0 radical (unpaired) electrons. The van der Waals surface area contributed by atoms with Gasteiger partial charge >= 0.3 is 6.03 Å². The number of nitrogens with one attached hydrogen (secondary N) is 3. The van der Waals surface area contributed by atoms with Gasteiger partial charge in [0.2, 0.25) is 11.7 Å². The van der Waals surface area contributed by atoms with E-state index >= 15 is 0 Å². The van der Waals surface area contributed by atoms with E-state index in [4.69, 9.17) is 0 Å². The molecule has 0 unspecified atom stereocenters. The summed E-state index contributed by atoms with van der Waals surface area (Å²) in [5, 5.41) is 8.67. The Bertz CT molecular complexity index is 1380. The van der Waals surface area contributed by atoms with Gasteiger partial charge in [-0.05, 0) is 75.5 Å². The number of hydrogen-bond donors (Lipinski definition) is 3. The Morgan fingerprint density at radius 3 is 2.06 bits per heavy atom. The third-order valence-corrected chi connectivity index (χ3v) is 14.2. The van der Waals surface area contributed by atoms with Crippen molar-refractivity contribution in [3.8, 4) is 0 Å². The van der Waals surface area contributed by atoms with Crippen molar-refractivity contribution in [1.29, 1.82) is 0 Å². The maximum absolute atomic E-state index is 14.4. The largest absolute Gasteiger partial charge is 0.347 e. The van der Waals surface area contributed by atoms with Crippen molar-refractivity contribution in [1.82, 2.24) is 20.9 Å². The predicted octanol–water partition coefficient (Wildman–Crippen LogP) is 4.32. The van der Waals surface area contributed by atoms with E-state index in [-0.39, 0.29) is 47.2 Å². The molecule has 12 heteroatoms. The van der Waals surface area contributed by atoms with Gasteiger partial charge in [-0.1, -0.05) is 67.2 Å². The van der Waals surface area contributed by atoms with Gasteiger partial charge in [0.15, 0.2) is 15.6 Å². The molecule has 272 valence electrons. The minimum Gasteiger partial charge on any atom is -0.347 e. The smallest absolute Gasteiger partial charge is 0.315 e. The SMILES string of the molecule is CCC[C@H](CC(=O)[C@@H]1[C@@H]2[C@H](CN1C(=O)[C@@H](NC(=O)NC1(CS(=O)(=O)C(C)(C)C)CCCCC1)C(C)(C)C)C2(C)C)C(=O)C(=O)NC1CC1. The third-order valence-electron chi connectivity index (χ3n) is 11.4. The topological polar surface area (TPSA) is 159 Å². The zero-order valence-electron chi connectivity index (χ0n) is 30.7. The Hall–Kier alpha value is -2.50. The summed E-state index contributed by atoms with van der Waals surface area (Å²) in [7, 11) is -3.55. The molecule has 0 aromatic heterocycles. The molecule has 3 N–H and O–H groups in total. The van der Waals surface area contributed by atoms with E-state index in [1.807, 2.05) is 27.7 Å². The molecule has 0 bridgehead atoms. The van der Waals surface area contributed by atoms with Gasteiger partial charge in [0.05, 0.1) is 22.1 Å². The molecule has 4 amide bonds. The number of carbonyl (C=O) groups excluding carboxylic acids is 5. The van der Waals surface area contributed by atoms with E-state index in [0.29, 0.717) is 32.2 Å². The number of carbonyl (C=O) groups is 5. The van der Waals surface area contributed by atoms with Gasteiger partial charge in [0.25, 0.3) is 5.91 Å². The number of ketones is 2. The highest BCUT2D eigenvalue weighted by Gasteiger charge is 2.69. The highest BCUT2D eigenvalue weighted by molar-refractivity contribution is 7.92. The van der Waals surface area contributed by atoms with Gasteiger partial charge < -0.3 is 20.9 Å². The molecular weight excluding hydrogens is 632 g/mol. The van der Waals surface area contributed by atoms with Crippen LogP contribution in [0.1, 0.15) is 127 Å². The summed E-state index contributed by atoms with van der Waals surface area (Å²) in [6.45, 7) is 17.0. The molecule has 5 atom stereocenters. The van der Waals surface area contributed by atoms with Crippen molar-refractivity contribution >= 4 is 39.2 Å². The van der Waals surface area contributed by atoms with Crippen LogP contribution in [0.25, 0.3) is 0 Å². The fraction of sp³-hybridized carbons (Fsp3) is 0.861. The minimum absolute atomic E-state index is 0.0327. The maximum Gasteiger partial charge on any atom is 0.315 e. The quantitative estimate of drug-likeness (QED) is 0.243. The Labute approximate surface area is 287 Å². The summed E-state index contributed by atoms with van der Waals surface area (Å²) in [5.74, 6) is -2.70. The molecular formula is C36H60N4O7S. The van der Waals surface area contributed by atoms with Crippen LogP contribution in [0.5, 0.6) is 0 Å². The standard InChI is InChI=1S/C36H60N4O7S/c1-10-14-22(28(42)30(43)37-23-15-16-23)19-25(41)27-26-24(35(26,8)9)20-40(27)31(44)29(33(2,3)4)38-32(45)39-36(17-12-11-13-18-36)21-48(46,47)34(5,6)7/h22-24,26-27,29H,10-21H2,1-9H3,(H,37,43)(H2,38,39,45)/t22-,24+,26+,27-,29-/m1/s1. The summed E-state index contributed by atoms with van der Waals surface area (Å²) in [5.41, 5.74) is -1.83. The number of fused-ring (bicyclic) bond motifs is 1. The van der Waals surface area contributed by atoms with Crippen LogP contribution >= 0.6 is 0 Å². The van der Waals surface area contributed by atoms with Crippen LogP contribution in [-0.2, 0) is 29.0 Å². The van der Waals surface area contributed by atoms with E-state index in [1.165, 1.54) is 0 Å². The van der Waals surface area contributed by atoms with Crippen molar-refractivity contribution in [2.75, 3.05) is 12.3 Å². The van der Waals surface area contributed by atoms with Crippen LogP contribution in [0.4, 0.5) is 4.79 Å². The third kappa shape index (κ3) is 8.27. The summed E-state index contributed by atoms with van der Waals surface area (Å²) in [4.78, 5) is 69.6. The van der Waals surface area contributed by atoms with E-state index in [0.717, 1.165) is 32.1 Å². The molecule has 11 nitrogen and oxygen atoms in total. The molecule has 4 rings (SSSR count). The minimum atomic E-state index is -3.55. The average molecular weight is 693 g/mol. The van der Waals surface area contributed by atoms with Crippen LogP contribution in [0.3, 0.4) is 0 Å². The lowest BCUT2D eigenvalue weighted by Crippen LogP contribution is -2.63. The summed E-state index contributed by atoms with van der Waals surface area (Å²) in [6, 6.07) is -2.32. The number of nitrogens with zero attached hydrogens (tertiary/aromatic N) is 1. The van der Waals surface area contributed by atoms with Crippen molar-refractivity contribution in [3.63, 3.8) is 0 Å². The second-order valence-corrected chi connectivity index (χ2v) is 20.5. The van der Waals surface area contributed by atoms with Gasteiger partial charge in [-0.2, -0.15) is 0 Å². The first-order valence-electron chi connectivity index (χ1n) is 18.0. The van der Waals surface area contributed by atoms with Crippen LogP contribution < -0.4 is 16.0 Å². The van der Waals surface area contributed by atoms with Crippen LogP contribution in [0, 0.1) is 28.6 Å². The lowest BCUT2D eigenvalue weighted by atomic mass is 9.83. The van der Waals surface area contributed by atoms with E-state index < -0.39 is 61.3 Å². The van der Waals surface area contributed by atoms with Crippen molar-refractivity contribution in [2.24, 2.45) is 28.6 Å². The molecule has 1 aliphatic heterocycles. The number of Topliss-reactive ketones (excluding diaryl/α,β-unsaturated/α-hetero) is 2. The number of hydrogen-bond acceptors (Lipinski definition) is 7. The molecule has 0 aromatic rings. The Balaban J connectivity index is 1.54. The molecule has 4 fully saturated rings. The van der Waals surface area contributed by atoms with Crippen LogP contribution in [0.15, 0.2) is 0 Å². The number of urea groups is 1. The van der Waals surface area contributed by atoms with Gasteiger partial charge in [-0.15, -0.1) is 0 Å². The highest BCUT2D eigenvalue weighted by Crippen LogP contribution is 2.65. The number of sulfone groups is 1. The van der Waals surface area contributed by atoms with Crippen LogP contribution in [0.2, 0.25) is 0 Å². The lowest BCUT2D eigenvalue weighted by Gasteiger charge is -2.41. The average Bonchev–Trinajstić information content (AvgIpc) is 3.81. The predicted molar refractivity (Wildman–Crippen MR) is 185 cm³/mol. The summed E-state index contributed by atoms with van der Waals surface area (Å²) < 4.78 is 25.6. The fourth-order valence-electron chi connectivity index (χ4n) is 7.93. The van der Waals surface area contributed by atoms with Crippen LogP contribution in [-0.4, -0.2) is 83.4 Å². The Kier molecular flexibility index (Phi) is 10.9. The van der Waals surface area contributed by atoms with Crippen molar-refractivity contribution in [3.05, 3.63) is 0 Å². The Morgan fingerprint density at radius 1 is 0.938 bits per heavy atom. The first-order valence-corrected chi connectivity index (χ1v) is 19.7. The Morgan fingerprint density at radius 2 is 1.54 bits per heavy atom. The molecule has 48 heavy (non-hydrogen) atoms. The zero-order valence-corrected chi connectivity index (χ0v) is 31.5. The first kappa shape index (κ1) is 38.3. The fourth-order valence-corrected chi connectivity index (χ4v) is 9.45. The zero-order chi connectivity index (χ0) is 36.0. The monoisotopic (exact) mass is 692 g/mol. The number of piperidine rings is 1. The maximum atomic E-state index is 14.4. The summed E-state index contributed by atoms with van der Waals surface area (Å²) in [6.07, 6.45) is 6.23. The van der Waals surface area contributed by atoms with Gasteiger partial charge in [-0.3, -0.25) is 19.2 Å². The second kappa shape index (κ2) is 13.7. The normalized spacial score (nSPS) is 26.1. The number of likely N-dealkylation sites (tertiary alicyclic amines) is 1. The molecule has 0 aromatic carbocycles. The molecule has 0 spiro atoms. The van der Waals surface area contributed by atoms with Gasteiger partial charge in [-0.25, -0.2) is 13.2 Å². The second-order valence-electron chi connectivity index (χ2n) is 17.8. The first-order chi connectivity index (χ1) is 22.0. The van der Waals surface area contributed by atoms with Crippen molar-refractivity contribution in [2.45, 2.75) is 155 Å². The molecule has 3 saturated carbocycles. The van der Waals surface area contributed by atoms with Crippen molar-refractivity contribution < 1.29 is 32.4 Å². The van der Waals surface area contributed by atoms with E-state index in [2.05, 4.69) is 29.8 Å². The molecule has 1 heterocycles. The van der Waals surface area contributed by atoms with E-state index in [1.54, 1.807) is 25.7 Å².